The van der Waals surface area contributed by atoms with Crippen molar-refractivity contribution in [3.8, 4) is 0 Å². The summed E-state index contributed by atoms with van der Waals surface area (Å²) in [7, 11) is 0. The first-order valence-electron chi connectivity index (χ1n) is 7.25. The molecular formula is C16H26N2. The molecule has 1 aliphatic carbocycles. The molecule has 0 saturated heterocycles. The molecule has 0 aliphatic heterocycles. The second-order valence-electron chi connectivity index (χ2n) is 5.83. The monoisotopic (exact) mass is 246 g/mol. The molecule has 1 fully saturated rings. The molecule has 1 aromatic rings. The zero-order valence-electron chi connectivity index (χ0n) is 11.5. The van der Waals surface area contributed by atoms with Crippen LogP contribution >= 0.6 is 0 Å². The van der Waals surface area contributed by atoms with Crippen molar-refractivity contribution in [3.05, 3.63) is 35.4 Å². The Balaban J connectivity index is 1.85. The zero-order valence-corrected chi connectivity index (χ0v) is 11.5. The third kappa shape index (κ3) is 3.82. The predicted octanol–water partition coefficient (Wildman–Crippen LogP) is 3.00. The smallest absolute Gasteiger partial charge is 0.0210 e. The Morgan fingerprint density at radius 1 is 1.06 bits per heavy atom. The summed E-state index contributed by atoms with van der Waals surface area (Å²) < 4.78 is 0. The Hall–Kier alpha value is -0.860. The molecule has 1 aromatic carbocycles. The summed E-state index contributed by atoms with van der Waals surface area (Å²) in [6, 6.07) is 8.86. The molecule has 1 aliphatic rings. The first kappa shape index (κ1) is 13.6. The van der Waals surface area contributed by atoms with E-state index in [1.807, 2.05) is 0 Å². The highest BCUT2D eigenvalue weighted by Crippen LogP contribution is 2.27. The van der Waals surface area contributed by atoms with Crippen molar-refractivity contribution in [2.75, 3.05) is 6.54 Å². The van der Waals surface area contributed by atoms with Crippen molar-refractivity contribution in [1.82, 2.24) is 5.32 Å². The van der Waals surface area contributed by atoms with Crippen molar-refractivity contribution in [3.63, 3.8) is 0 Å². The topological polar surface area (TPSA) is 38.0 Å². The molecule has 1 saturated carbocycles. The highest BCUT2D eigenvalue weighted by Gasteiger charge is 2.25. The van der Waals surface area contributed by atoms with Crippen LogP contribution in [0.3, 0.4) is 0 Å². The van der Waals surface area contributed by atoms with Crippen LogP contribution in [0.2, 0.25) is 0 Å². The third-order valence-electron chi connectivity index (χ3n) is 4.13. The van der Waals surface area contributed by atoms with Gasteiger partial charge in [0.05, 0.1) is 0 Å². The normalized spacial score (nSPS) is 18.8. The molecule has 100 valence electrons. The molecule has 0 atom stereocenters. The summed E-state index contributed by atoms with van der Waals surface area (Å²) in [5.41, 5.74) is 8.63. The van der Waals surface area contributed by atoms with Gasteiger partial charge in [-0.05, 0) is 43.9 Å². The fourth-order valence-electron chi connectivity index (χ4n) is 2.81. The average Bonchev–Trinajstić information content (AvgIpc) is 2.39. The lowest BCUT2D eigenvalue weighted by Gasteiger charge is -2.34. The van der Waals surface area contributed by atoms with E-state index in [0.717, 1.165) is 19.5 Å². The summed E-state index contributed by atoms with van der Waals surface area (Å²) in [6.07, 6.45) is 7.77. The van der Waals surface area contributed by atoms with E-state index in [4.69, 9.17) is 5.73 Å². The summed E-state index contributed by atoms with van der Waals surface area (Å²) >= 11 is 0. The summed E-state index contributed by atoms with van der Waals surface area (Å²) in [5, 5.41) is 3.74. The third-order valence-corrected chi connectivity index (χ3v) is 4.13. The van der Waals surface area contributed by atoms with Crippen LogP contribution in [0.4, 0.5) is 0 Å². The molecule has 2 heteroatoms. The van der Waals surface area contributed by atoms with Gasteiger partial charge in [-0.25, -0.2) is 0 Å². The SMILES string of the molecule is CC1(NCc2ccc(CCN)cc2)CCCCC1. The predicted molar refractivity (Wildman–Crippen MR) is 77.5 cm³/mol. The quantitative estimate of drug-likeness (QED) is 0.838. The summed E-state index contributed by atoms with van der Waals surface area (Å²) in [5.74, 6) is 0. The zero-order chi connectivity index (χ0) is 12.8. The minimum absolute atomic E-state index is 0.355. The summed E-state index contributed by atoms with van der Waals surface area (Å²) in [6.45, 7) is 4.09. The van der Waals surface area contributed by atoms with E-state index in [-0.39, 0.29) is 0 Å². The second kappa shape index (κ2) is 6.35. The van der Waals surface area contributed by atoms with Crippen LogP contribution in [0.1, 0.15) is 50.2 Å². The van der Waals surface area contributed by atoms with Gasteiger partial charge in [-0.1, -0.05) is 43.5 Å². The van der Waals surface area contributed by atoms with Crippen molar-refractivity contribution in [2.24, 2.45) is 5.73 Å². The number of benzene rings is 1. The van der Waals surface area contributed by atoms with E-state index >= 15 is 0 Å². The maximum Gasteiger partial charge on any atom is 0.0210 e. The number of nitrogens with two attached hydrogens (primary N) is 1. The minimum Gasteiger partial charge on any atom is -0.330 e. The van der Waals surface area contributed by atoms with E-state index in [1.54, 1.807) is 0 Å². The Labute approximate surface area is 111 Å². The molecule has 0 bridgehead atoms. The van der Waals surface area contributed by atoms with Gasteiger partial charge in [-0.15, -0.1) is 0 Å². The molecule has 18 heavy (non-hydrogen) atoms. The lowest BCUT2D eigenvalue weighted by atomic mass is 9.83. The molecule has 0 unspecified atom stereocenters. The number of hydrogen-bond donors (Lipinski definition) is 2. The van der Waals surface area contributed by atoms with Crippen molar-refractivity contribution in [1.29, 1.82) is 0 Å². The van der Waals surface area contributed by atoms with Crippen LogP contribution in [-0.2, 0) is 13.0 Å². The van der Waals surface area contributed by atoms with Gasteiger partial charge in [0.25, 0.3) is 0 Å². The lowest BCUT2D eigenvalue weighted by molar-refractivity contribution is 0.252. The van der Waals surface area contributed by atoms with Crippen molar-refractivity contribution < 1.29 is 0 Å². The highest BCUT2D eigenvalue weighted by atomic mass is 15.0. The Morgan fingerprint density at radius 3 is 2.28 bits per heavy atom. The van der Waals surface area contributed by atoms with Gasteiger partial charge in [0.15, 0.2) is 0 Å². The fraction of sp³-hybridized carbons (Fsp3) is 0.625. The van der Waals surface area contributed by atoms with Gasteiger partial charge >= 0.3 is 0 Å². The summed E-state index contributed by atoms with van der Waals surface area (Å²) in [4.78, 5) is 0. The van der Waals surface area contributed by atoms with E-state index in [0.29, 0.717) is 5.54 Å². The molecular weight excluding hydrogens is 220 g/mol. The Kier molecular flexibility index (Phi) is 4.79. The molecule has 0 amide bonds. The molecule has 2 nitrogen and oxygen atoms in total. The van der Waals surface area contributed by atoms with E-state index < -0.39 is 0 Å². The van der Waals surface area contributed by atoms with Gasteiger partial charge in [0, 0.05) is 12.1 Å². The molecule has 2 rings (SSSR count). The maximum absolute atomic E-state index is 5.56. The van der Waals surface area contributed by atoms with Crippen molar-refractivity contribution in [2.45, 2.75) is 57.5 Å². The van der Waals surface area contributed by atoms with Crippen molar-refractivity contribution >= 4 is 0 Å². The van der Waals surface area contributed by atoms with Crippen LogP contribution in [0.25, 0.3) is 0 Å². The van der Waals surface area contributed by atoms with Gasteiger partial charge < -0.3 is 11.1 Å². The van der Waals surface area contributed by atoms with E-state index in [1.165, 1.54) is 43.2 Å². The standard InChI is InChI=1S/C16H26N2/c1-16(10-3-2-4-11-16)18-13-15-7-5-14(6-8-15)9-12-17/h5-8,18H,2-4,9-13,17H2,1H3. The fourth-order valence-corrected chi connectivity index (χ4v) is 2.81. The first-order chi connectivity index (χ1) is 8.72. The van der Waals surface area contributed by atoms with Gasteiger partial charge in [0.2, 0.25) is 0 Å². The van der Waals surface area contributed by atoms with Crippen LogP contribution < -0.4 is 11.1 Å². The molecule has 0 spiro atoms. The average molecular weight is 246 g/mol. The van der Waals surface area contributed by atoms with Crippen LogP contribution in [0, 0.1) is 0 Å². The van der Waals surface area contributed by atoms with E-state index in [9.17, 15) is 0 Å². The van der Waals surface area contributed by atoms with Gasteiger partial charge in [-0.3, -0.25) is 0 Å². The molecule has 3 N–H and O–H groups in total. The van der Waals surface area contributed by atoms with Crippen LogP contribution in [-0.4, -0.2) is 12.1 Å². The largest absolute Gasteiger partial charge is 0.330 e. The van der Waals surface area contributed by atoms with Gasteiger partial charge in [-0.2, -0.15) is 0 Å². The van der Waals surface area contributed by atoms with Gasteiger partial charge in [0.1, 0.15) is 0 Å². The highest BCUT2D eigenvalue weighted by molar-refractivity contribution is 5.22. The van der Waals surface area contributed by atoms with Crippen LogP contribution in [0.5, 0.6) is 0 Å². The first-order valence-corrected chi connectivity index (χ1v) is 7.25. The number of hydrogen-bond acceptors (Lipinski definition) is 2. The molecule has 0 aromatic heterocycles. The molecule has 0 heterocycles. The van der Waals surface area contributed by atoms with E-state index in [2.05, 4.69) is 36.5 Å². The maximum atomic E-state index is 5.56. The number of nitrogens with one attached hydrogen (secondary N) is 1. The Morgan fingerprint density at radius 2 is 1.67 bits per heavy atom. The number of rotatable bonds is 5. The Bertz CT molecular complexity index is 350. The minimum atomic E-state index is 0.355. The molecule has 0 radical (unpaired) electrons. The van der Waals surface area contributed by atoms with Crippen LogP contribution in [0.15, 0.2) is 24.3 Å². The lowest BCUT2D eigenvalue weighted by Crippen LogP contribution is -2.43. The second-order valence-corrected chi connectivity index (χ2v) is 5.83.